The summed E-state index contributed by atoms with van der Waals surface area (Å²) in [4.78, 5) is 12.3. The van der Waals surface area contributed by atoms with Crippen LogP contribution in [0.4, 0.5) is 11.4 Å². The Balaban J connectivity index is 1.41. The van der Waals surface area contributed by atoms with E-state index in [9.17, 15) is 4.79 Å². The van der Waals surface area contributed by atoms with Crippen LogP contribution in [-0.4, -0.2) is 12.5 Å². The Bertz CT molecular complexity index is 991. The molecule has 0 spiro atoms. The molecular formula is C23H22N2O. The molecule has 0 aromatic heterocycles. The molecule has 26 heavy (non-hydrogen) atoms. The van der Waals surface area contributed by atoms with Gasteiger partial charge < -0.3 is 10.6 Å². The summed E-state index contributed by atoms with van der Waals surface area (Å²) < 4.78 is 0. The first-order valence-electron chi connectivity index (χ1n) is 8.92. The normalized spacial score (nSPS) is 11.6. The quantitative estimate of drug-likeness (QED) is 0.552. The van der Waals surface area contributed by atoms with Gasteiger partial charge in [0.2, 0.25) is 5.91 Å². The van der Waals surface area contributed by atoms with E-state index in [1.807, 2.05) is 32.0 Å². The summed E-state index contributed by atoms with van der Waals surface area (Å²) in [5.74, 6) is -0.0410. The molecule has 0 aliphatic heterocycles. The van der Waals surface area contributed by atoms with E-state index in [1.165, 1.54) is 27.8 Å². The van der Waals surface area contributed by atoms with Crippen molar-refractivity contribution in [3.8, 4) is 11.1 Å². The summed E-state index contributed by atoms with van der Waals surface area (Å²) >= 11 is 0. The number of fused-ring (bicyclic) bond motifs is 3. The second-order valence-electron chi connectivity index (χ2n) is 6.93. The molecule has 0 bridgehead atoms. The Morgan fingerprint density at radius 1 is 0.923 bits per heavy atom. The zero-order valence-electron chi connectivity index (χ0n) is 15.1. The summed E-state index contributed by atoms with van der Waals surface area (Å²) in [6, 6.07) is 20.9. The van der Waals surface area contributed by atoms with E-state index in [1.54, 1.807) is 0 Å². The Morgan fingerprint density at radius 2 is 1.73 bits per heavy atom. The van der Waals surface area contributed by atoms with Gasteiger partial charge >= 0.3 is 0 Å². The highest BCUT2D eigenvalue weighted by molar-refractivity contribution is 5.94. The predicted molar refractivity (Wildman–Crippen MR) is 108 cm³/mol. The maximum absolute atomic E-state index is 12.3. The van der Waals surface area contributed by atoms with Gasteiger partial charge in [-0.3, -0.25) is 4.79 Å². The number of carbonyl (C=O) groups excluding carboxylic acids is 1. The Labute approximate surface area is 154 Å². The zero-order valence-corrected chi connectivity index (χ0v) is 15.1. The molecule has 3 aromatic carbocycles. The van der Waals surface area contributed by atoms with Gasteiger partial charge in [0.05, 0.1) is 6.54 Å². The molecule has 1 amide bonds. The molecule has 0 fully saturated rings. The van der Waals surface area contributed by atoms with Gasteiger partial charge in [-0.1, -0.05) is 48.0 Å². The van der Waals surface area contributed by atoms with E-state index in [0.717, 1.165) is 23.4 Å². The predicted octanol–water partition coefficient (Wildman–Crippen LogP) is 4.93. The number of hydrogen-bond acceptors (Lipinski definition) is 2. The Kier molecular flexibility index (Phi) is 4.21. The van der Waals surface area contributed by atoms with Gasteiger partial charge in [-0.25, -0.2) is 0 Å². The summed E-state index contributed by atoms with van der Waals surface area (Å²) in [6.07, 6.45) is 0.954. The summed E-state index contributed by atoms with van der Waals surface area (Å²) in [7, 11) is 0. The third-order valence-electron chi connectivity index (χ3n) is 4.90. The number of aryl methyl sites for hydroxylation is 2. The van der Waals surface area contributed by atoms with E-state index < -0.39 is 0 Å². The van der Waals surface area contributed by atoms with Crippen LogP contribution < -0.4 is 10.6 Å². The van der Waals surface area contributed by atoms with Crippen LogP contribution >= 0.6 is 0 Å². The molecule has 0 heterocycles. The van der Waals surface area contributed by atoms with Crippen molar-refractivity contribution >= 4 is 17.3 Å². The van der Waals surface area contributed by atoms with Crippen LogP contribution in [0, 0.1) is 13.8 Å². The lowest BCUT2D eigenvalue weighted by Crippen LogP contribution is -2.22. The molecule has 3 heteroatoms. The fourth-order valence-electron chi connectivity index (χ4n) is 3.59. The molecular weight excluding hydrogens is 320 g/mol. The van der Waals surface area contributed by atoms with Crippen LogP contribution in [0.25, 0.3) is 11.1 Å². The van der Waals surface area contributed by atoms with Crippen LogP contribution in [0.15, 0.2) is 60.7 Å². The smallest absolute Gasteiger partial charge is 0.243 e. The second-order valence-corrected chi connectivity index (χ2v) is 6.93. The number of amides is 1. The van der Waals surface area contributed by atoms with Crippen LogP contribution in [0.1, 0.15) is 22.3 Å². The van der Waals surface area contributed by atoms with E-state index >= 15 is 0 Å². The summed E-state index contributed by atoms with van der Waals surface area (Å²) in [5, 5.41) is 6.21. The third kappa shape index (κ3) is 3.21. The van der Waals surface area contributed by atoms with Crippen molar-refractivity contribution in [2.75, 3.05) is 17.2 Å². The van der Waals surface area contributed by atoms with E-state index in [-0.39, 0.29) is 12.5 Å². The van der Waals surface area contributed by atoms with Crippen LogP contribution in [0.2, 0.25) is 0 Å². The first-order valence-corrected chi connectivity index (χ1v) is 8.92. The molecule has 0 saturated carbocycles. The van der Waals surface area contributed by atoms with Crippen molar-refractivity contribution in [2.24, 2.45) is 0 Å². The first kappa shape index (κ1) is 16.4. The van der Waals surface area contributed by atoms with E-state index in [0.29, 0.717) is 0 Å². The van der Waals surface area contributed by atoms with Crippen molar-refractivity contribution in [1.82, 2.24) is 0 Å². The molecule has 130 valence electrons. The fourth-order valence-corrected chi connectivity index (χ4v) is 3.59. The van der Waals surface area contributed by atoms with Gasteiger partial charge in [0.1, 0.15) is 0 Å². The monoisotopic (exact) mass is 342 g/mol. The number of anilines is 2. The van der Waals surface area contributed by atoms with Crippen molar-refractivity contribution < 1.29 is 4.79 Å². The van der Waals surface area contributed by atoms with Crippen molar-refractivity contribution in [2.45, 2.75) is 20.3 Å². The molecule has 0 atom stereocenters. The molecule has 1 aliphatic carbocycles. The van der Waals surface area contributed by atoms with Gasteiger partial charge in [0, 0.05) is 11.4 Å². The van der Waals surface area contributed by atoms with E-state index in [2.05, 4.69) is 53.1 Å². The highest BCUT2D eigenvalue weighted by Crippen LogP contribution is 2.37. The van der Waals surface area contributed by atoms with Crippen LogP contribution in [0.5, 0.6) is 0 Å². The first-order chi connectivity index (χ1) is 12.6. The van der Waals surface area contributed by atoms with Gasteiger partial charge in [0.15, 0.2) is 0 Å². The van der Waals surface area contributed by atoms with Crippen molar-refractivity contribution in [1.29, 1.82) is 0 Å². The summed E-state index contributed by atoms with van der Waals surface area (Å²) in [5.41, 5.74) is 9.41. The van der Waals surface area contributed by atoms with E-state index in [4.69, 9.17) is 0 Å². The number of benzene rings is 3. The highest BCUT2D eigenvalue weighted by Gasteiger charge is 2.17. The molecule has 1 aliphatic rings. The van der Waals surface area contributed by atoms with Crippen molar-refractivity contribution in [3.63, 3.8) is 0 Å². The lowest BCUT2D eigenvalue weighted by atomic mass is 10.1. The molecule has 3 aromatic rings. The lowest BCUT2D eigenvalue weighted by Gasteiger charge is -2.11. The maximum Gasteiger partial charge on any atom is 0.243 e. The van der Waals surface area contributed by atoms with Gasteiger partial charge in [0.25, 0.3) is 0 Å². The number of carbonyl (C=O) groups is 1. The van der Waals surface area contributed by atoms with Gasteiger partial charge in [-0.05, 0) is 66.3 Å². The second kappa shape index (κ2) is 6.68. The molecule has 4 rings (SSSR count). The molecule has 0 saturated heterocycles. The number of hydrogen-bond donors (Lipinski definition) is 2. The third-order valence-corrected chi connectivity index (χ3v) is 4.90. The Hall–Kier alpha value is -3.07. The minimum absolute atomic E-state index is 0.0410. The SMILES string of the molecule is Cc1ccc(NC(=O)CNc2ccc3c(c2)Cc2ccccc2-3)c(C)c1. The Morgan fingerprint density at radius 3 is 2.58 bits per heavy atom. The molecule has 2 N–H and O–H groups in total. The largest absolute Gasteiger partial charge is 0.376 e. The fraction of sp³-hybridized carbons (Fsp3) is 0.174. The minimum Gasteiger partial charge on any atom is -0.376 e. The minimum atomic E-state index is -0.0410. The molecule has 0 unspecified atom stereocenters. The van der Waals surface area contributed by atoms with Gasteiger partial charge in [-0.15, -0.1) is 0 Å². The average molecular weight is 342 g/mol. The van der Waals surface area contributed by atoms with Crippen LogP contribution in [-0.2, 0) is 11.2 Å². The standard InChI is InChI=1S/C23H22N2O/c1-15-7-10-22(16(2)11-15)25-23(26)14-24-19-8-9-21-18(13-19)12-17-5-3-4-6-20(17)21/h3-11,13,24H,12,14H2,1-2H3,(H,25,26). The zero-order chi connectivity index (χ0) is 18.1. The average Bonchev–Trinajstić information content (AvgIpc) is 3.00. The molecule has 0 radical (unpaired) electrons. The summed E-state index contributed by atoms with van der Waals surface area (Å²) in [6.45, 7) is 4.31. The number of rotatable bonds is 4. The molecule has 3 nitrogen and oxygen atoms in total. The van der Waals surface area contributed by atoms with Crippen LogP contribution in [0.3, 0.4) is 0 Å². The van der Waals surface area contributed by atoms with Gasteiger partial charge in [-0.2, -0.15) is 0 Å². The maximum atomic E-state index is 12.3. The lowest BCUT2D eigenvalue weighted by molar-refractivity contribution is -0.114. The topological polar surface area (TPSA) is 41.1 Å². The van der Waals surface area contributed by atoms with Crippen molar-refractivity contribution in [3.05, 3.63) is 82.9 Å². The highest BCUT2D eigenvalue weighted by atomic mass is 16.1. The number of nitrogens with one attached hydrogen (secondary N) is 2.